The molecule has 7 nitrogen and oxygen atoms in total. The number of aryl methyl sites for hydroxylation is 1. The molecule has 0 spiro atoms. The fourth-order valence-corrected chi connectivity index (χ4v) is 3.45. The van der Waals surface area contributed by atoms with Crippen LogP contribution in [-0.2, 0) is 13.1 Å². The molecule has 144 valence electrons. The predicted molar refractivity (Wildman–Crippen MR) is 96.7 cm³/mol. The van der Waals surface area contributed by atoms with Crippen LogP contribution in [0.15, 0.2) is 29.1 Å². The average molecular weight is 396 g/mol. The van der Waals surface area contributed by atoms with Crippen molar-refractivity contribution in [3.05, 3.63) is 50.9 Å². The second-order valence-corrected chi connectivity index (χ2v) is 7.10. The molecule has 0 unspecified atom stereocenters. The molecule has 3 aromatic rings. The molecule has 2 aromatic heterocycles. The maximum atomic E-state index is 12.6. The van der Waals surface area contributed by atoms with Gasteiger partial charge in [0.1, 0.15) is 5.01 Å². The number of benzene rings is 1. The van der Waals surface area contributed by atoms with Crippen molar-refractivity contribution < 1.29 is 18.3 Å². The van der Waals surface area contributed by atoms with Crippen molar-refractivity contribution in [1.29, 1.82) is 0 Å². The van der Waals surface area contributed by atoms with Crippen molar-refractivity contribution in [2.45, 2.75) is 26.6 Å². The Morgan fingerprint density at radius 2 is 2.04 bits per heavy atom. The van der Waals surface area contributed by atoms with Crippen molar-refractivity contribution in [1.82, 2.24) is 19.5 Å². The first-order valence-electron chi connectivity index (χ1n) is 8.02. The summed E-state index contributed by atoms with van der Waals surface area (Å²) < 4.78 is 35.9. The van der Waals surface area contributed by atoms with E-state index >= 15 is 0 Å². The number of rotatable bonds is 7. The largest absolute Gasteiger partial charge is 0.493 e. The van der Waals surface area contributed by atoms with Crippen LogP contribution in [-0.4, -0.2) is 40.3 Å². The molecule has 0 saturated heterocycles. The van der Waals surface area contributed by atoms with Gasteiger partial charge in [0.2, 0.25) is 4.96 Å². The standard InChI is InChI=1S/C17H18F2N4O3S/c1-10-21-23-15(24)7-12(20-17(23)27-10)9-22(2)8-11-4-5-13(25-3)14(6-11)26-16(18)19/h4-7,16H,8-9H2,1-3H3. The summed E-state index contributed by atoms with van der Waals surface area (Å²) in [6.07, 6.45) is 0. The van der Waals surface area contributed by atoms with Gasteiger partial charge in [0.25, 0.3) is 5.56 Å². The number of fused-ring (bicyclic) bond motifs is 1. The molecule has 3 rings (SSSR count). The third-order valence-electron chi connectivity index (χ3n) is 3.73. The Bertz CT molecular complexity index is 1010. The van der Waals surface area contributed by atoms with Crippen LogP contribution in [0.2, 0.25) is 0 Å². The lowest BCUT2D eigenvalue weighted by atomic mass is 10.2. The van der Waals surface area contributed by atoms with Crippen molar-refractivity contribution >= 4 is 16.3 Å². The minimum atomic E-state index is -2.93. The quantitative estimate of drug-likeness (QED) is 0.612. The molecule has 0 aliphatic heterocycles. The Hall–Kier alpha value is -2.59. The van der Waals surface area contributed by atoms with Crippen LogP contribution in [0.1, 0.15) is 16.3 Å². The highest BCUT2D eigenvalue weighted by atomic mass is 32.1. The number of alkyl halides is 2. The molecule has 1 aromatic carbocycles. The number of hydrogen-bond acceptors (Lipinski definition) is 7. The zero-order valence-corrected chi connectivity index (χ0v) is 15.8. The highest BCUT2D eigenvalue weighted by Gasteiger charge is 2.13. The van der Waals surface area contributed by atoms with E-state index in [1.807, 2.05) is 18.9 Å². The van der Waals surface area contributed by atoms with E-state index in [1.54, 1.807) is 12.1 Å². The molecule has 0 fully saturated rings. The Morgan fingerprint density at radius 3 is 2.74 bits per heavy atom. The topological polar surface area (TPSA) is 69.0 Å². The number of aromatic nitrogens is 3. The normalized spacial score (nSPS) is 11.5. The van der Waals surface area contributed by atoms with E-state index in [2.05, 4.69) is 14.8 Å². The minimum Gasteiger partial charge on any atom is -0.493 e. The maximum Gasteiger partial charge on any atom is 0.387 e. The van der Waals surface area contributed by atoms with E-state index in [0.717, 1.165) is 10.6 Å². The molecule has 0 bridgehead atoms. The van der Waals surface area contributed by atoms with Crippen LogP contribution in [0, 0.1) is 6.92 Å². The second-order valence-electron chi connectivity index (χ2n) is 5.94. The SMILES string of the molecule is COc1ccc(CN(C)Cc2cc(=O)n3nc(C)sc3n2)cc1OC(F)F. The lowest BCUT2D eigenvalue weighted by Crippen LogP contribution is -2.21. The fourth-order valence-electron chi connectivity index (χ4n) is 2.68. The Labute approximate surface area is 157 Å². The van der Waals surface area contributed by atoms with Gasteiger partial charge in [-0.1, -0.05) is 17.4 Å². The molecule has 0 atom stereocenters. The van der Waals surface area contributed by atoms with E-state index in [9.17, 15) is 13.6 Å². The first-order chi connectivity index (χ1) is 12.9. The summed E-state index contributed by atoms with van der Waals surface area (Å²) in [6.45, 7) is -0.252. The van der Waals surface area contributed by atoms with Crippen LogP contribution >= 0.6 is 11.3 Å². The second kappa shape index (κ2) is 7.97. The average Bonchev–Trinajstić information content (AvgIpc) is 2.95. The van der Waals surface area contributed by atoms with Gasteiger partial charge in [-0.3, -0.25) is 9.69 Å². The molecule has 27 heavy (non-hydrogen) atoms. The fraction of sp³-hybridized carbons (Fsp3) is 0.353. The van der Waals surface area contributed by atoms with Crippen molar-refractivity contribution in [3.63, 3.8) is 0 Å². The summed E-state index contributed by atoms with van der Waals surface area (Å²) in [7, 11) is 3.24. The molecular weight excluding hydrogens is 378 g/mol. The number of nitrogens with zero attached hydrogens (tertiary/aromatic N) is 4. The van der Waals surface area contributed by atoms with Crippen molar-refractivity contribution in [2.24, 2.45) is 0 Å². The van der Waals surface area contributed by atoms with E-state index < -0.39 is 6.61 Å². The van der Waals surface area contributed by atoms with E-state index in [4.69, 9.17) is 4.74 Å². The smallest absolute Gasteiger partial charge is 0.387 e. The zero-order valence-electron chi connectivity index (χ0n) is 15.0. The van der Waals surface area contributed by atoms with Gasteiger partial charge in [-0.15, -0.1) is 0 Å². The number of hydrogen-bond donors (Lipinski definition) is 0. The van der Waals surface area contributed by atoms with Gasteiger partial charge in [-0.05, 0) is 31.7 Å². The maximum absolute atomic E-state index is 12.6. The molecule has 2 heterocycles. The zero-order chi connectivity index (χ0) is 19.6. The number of halogens is 2. The summed E-state index contributed by atoms with van der Waals surface area (Å²) in [5, 5.41) is 4.87. The number of methoxy groups -OCH3 is 1. The number of ether oxygens (including phenoxy) is 2. The van der Waals surface area contributed by atoms with Crippen molar-refractivity contribution in [2.75, 3.05) is 14.2 Å². The molecule has 10 heteroatoms. The Kier molecular flexibility index (Phi) is 5.66. The van der Waals surface area contributed by atoms with E-state index in [0.29, 0.717) is 23.7 Å². The first kappa shape index (κ1) is 19.2. The minimum absolute atomic E-state index is 0.0173. The molecule has 0 radical (unpaired) electrons. The summed E-state index contributed by atoms with van der Waals surface area (Å²) in [4.78, 5) is 19.0. The summed E-state index contributed by atoms with van der Waals surface area (Å²) in [5.74, 6) is 0.221. The van der Waals surface area contributed by atoms with Crippen LogP contribution < -0.4 is 15.0 Å². The van der Waals surface area contributed by atoms with Crippen LogP contribution in [0.25, 0.3) is 4.96 Å². The summed E-state index contributed by atoms with van der Waals surface area (Å²) >= 11 is 1.34. The van der Waals surface area contributed by atoms with Gasteiger partial charge in [-0.25, -0.2) is 4.98 Å². The van der Waals surface area contributed by atoms with Gasteiger partial charge < -0.3 is 9.47 Å². The third kappa shape index (κ3) is 4.58. The highest BCUT2D eigenvalue weighted by molar-refractivity contribution is 7.16. The van der Waals surface area contributed by atoms with E-state index in [-0.39, 0.29) is 17.1 Å². The van der Waals surface area contributed by atoms with Gasteiger partial charge in [0, 0.05) is 19.2 Å². The van der Waals surface area contributed by atoms with Gasteiger partial charge in [-0.2, -0.15) is 18.4 Å². The molecule has 0 amide bonds. The Morgan fingerprint density at radius 1 is 1.26 bits per heavy atom. The highest BCUT2D eigenvalue weighted by Crippen LogP contribution is 2.30. The molecule has 0 aliphatic carbocycles. The lowest BCUT2D eigenvalue weighted by molar-refractivity contribution is -0.0512. The van der Waals surface area contributed by atoms with Crippen LogP contribution in [0.5, 0.6) is 11.5 Å². The Balaban J connectivity index is 1.75. The summed E-state index contributed by atoms with van der Waals surface area (Å²) in [6, 6.07) is 6.31. The van der Waals surface area contributed by atoms with Crippen LogP contribution in [0.3, 0.4) is 0 Å². The molecule has 0 aliphatic rings. The third-order valence-corrected chi connectivity index (χ3v) is 4.55. The van der Waals surface area contributed by atoms with Gasteiger partial charge in [0.05, 0.1) is 12.8 Å². The molecular formula is C17H18F2N4O3S. The van der Waals surface area contributed by atoms with Gasteiger partial charge >= 0.3 is 6.61 Å². The molecule has 0 N–H and O–H groups in total. The van der Waals surface area contributed by atoms with Crippen molar-refractivity contribution in [3.8, 4) is 11.5 Å². The monoisotopic (exact) mass is 396 g/mol. The first-order valence-corrected chi connectivity index (χ1v) is 8.84. The lowest BCUT2D eigenvalue weighted by Gasteiger charge is -2.17. The van der Waals surface area contributed by atoms with Gasteiger partial charge in [0.15, 0.2) is 11.5 Å². The summed E-state index contributed by atoms with van der Waals surface area (Å²) in [5.41, 5.74) is 1.15. The predicted octanol–water partition coefficient (Wildman–Crippen LogP) is 2.70. The molecule has 0 saturated carbocycles. The van der Waals surface area contributed by atoms with Crippen LogP contribution in [0.4, 0.5) is 8.78 Å². The van der Waals surface area contributed by atoms with E-state index in [1.165, 1.54) is 35.1 Å².